The van der Waals surface area contributed by atoms with Crippen LogP contribution in [0.5, 0.6) is 0 Å². The number of amides is 2. The van der Waals surface area contributed by atoms with Crippen molar-refractivity contribution in [3.05, 3.63) is 56.4 Å². The van der Waals surface area contributed by atoms with Gasteiger partial charge in [-0.15, -0.1) is 0 Å². The summed E-state index contributed by atoms with van der Waals surface area (Å²) in [7, 11) is 0. The number of hydrogen-bond donors (Lipinski definition) is 4. The van der Waals surface area contributed by atoms with Crippen LogP contribution in [0.2, 0.25) is 0 Å². The van der Waals surface area contributed by atoms with Gasteiger partial charge in [0, 0.05) is 17.4 Å². The molecule has 0 unspecified atom stereocenters. The van der Waals surface area contributed by atoms with E-state index in [1.54, 1.807) is 18.2 Å². The van der Waals surface area contributed by atoms with Gasteiger partial charge in [0.2, 0.25) is 5.91 Å². The van der Waals surface area contributed by atoms with Gasteiger partial charge in [0.05, 0.1) is 6.42 Å². The molecule has 0 radical (unpaired) electrons. The van der Waals surface area contributed by atoms with Crippen molar-refractivity contribution in [2.75, 3.05) is 10.6 Å². The summed E-state index contributed by atoms with van der Waals surface area (Å²) in [5, 5.41) is 5.06. The summed E-state index contributed by atoms with van der Waals surface area (Å²) >= 11 is 0. The molecule has 2 amide bonds. The molecule has 0 spiro atoms. The number of carbonyl (C=O) groups is 2. The van der Waals surface area contributed by atoms with Crippen LogP contribution in [0.15, 0.2) is 34.0 Å². The molecule has 8 heteroatoms. The largest absolute Gasteiger partial charge is 0.326 e. The normalized spacial score (nSPS) is 12.7. The second-order valence-corrected chi connectivity index (χ2v) is 4.54. The van der Waals surface area contributed by atoms with E-state index < -0.39 is 17.2 Å². The average Bonchev–Trinajstić information content (AvgIpc) is 2.80. The summed E-state index contributed by atoms with van der Waals surface area (Å²) in [6.07, 6.45) is 1.34. The van der Waals surface area contributed by atoms with Gasteiger partial charge in [-0.05, 0) is 23.8 Å². The highest BCUT2D eigenvalue weighted by atomic mass is 16.2. The van der Waals surface area contributed by atoms with Gasteiger partial charge >= 0.3 is 5.69 Å². The molecule has 2 heterocycles. The van der Waals surface area contributed by atoms with Crippen molar-refractivity contribution in [1.82, 2.24) is 9.97 Å². The Balaban J connectivity index is 1.86. The zero-order valence-corrected chi connectivity index (χ0v) is 10.6. The van der Waals surface area contributed by atoms with Gasteiger partial charge in [-0.3, -0.25) is 19.4 Å². The van der Waals surface area contributed by atoms with Gasteiger partial charge in [-0.2, -0.15) is 0 Å². The Labute approximate surface area is 117 Å². The van der Waals surface area contributed by atoms with E-state index in [4.69, 9.17) is 0 Å². The Morgan fingerprint density at radius 1 is 1.19 bits per heavy atom. The van der Waals surface area contributed by atoms with E-state index in [-0.39, 0.29) is 18.0 Å². The average molecular weight is 286 g/mol. The molecule has 0 saturated carbocycles. The van der Waals surface area contributed by atoms with Crippen molar-refractivity contribution in [3.8, 4) is 0 Å². The number of fused-ring (bicyclic) bond motifs is 1. The number of aromatic amines is 2. The Morgan fingerprint density at radius 2 is 2.00 bits per heavy atom. The SMILES string of the molecule is O=C1Cc2cc(C(=O)Nc3c[nH]c(=O)[nH]c3=O)ccc2N1. The molecular weight excluding hydrogens is 276 g/mol. The molecular formula is C13H10N4O4. The van der Waals surface area contributed by atoms with Crippen LogP contribution in [0, 0.1) is 0 Å². The summed E-state index contributed by atoms with van der Waals surface area (Å²) in [4.78, 5) is 50.0. The second kappa shape index (κ2) is 4.75. The van der Waals surface area contributed by atoms with E-state index in [0.717, 1.165) is 11.8 Å². The maximum absolute atomic E-state index is 12.1. The first-order valence-corrected chi connectivity index (χ1v) is 6.09. The van der Waals surface area contributed by atoms with E-state index in [0.29, 0.717) is 11.3 Å². The van der Waals surface area contributed by atoms with Crippen molar-refractivity contribution < 1.29 is 9.59 Å². The number of carbonyl (C=O) groups excluding carboxylic acids is 2. The monoisotopic (exact) mass is 286 g/mol. The topological polar surface area (TPSA) is 124 Å². The Bertz CT molecular complexity index is 865. The van der Waals surface area contributed by atoms with Gasteiger partial charge in [-0.25, -0.2) is 4.79 Å². The molecule has 4 N–H and O–H groups in total. The minimum absolute atomic E-state index is 0.0608. The van der Waals surface area contributed by atoms with Gasteiger partial charge in [0.15, 0.2) is 0 Å². The smallest absolute Gasteiger partial charge is 0.325 e. The zero-order valence-electron chi connectivity index (χ0n) is 10.6. The van der Waals surface area contributed by atoms with Gasteiger partial charge in [0.25, 0.3) is 11.5 Å². The van der Waals surface area contributed by atoms with Gasteiger partial charge in [-0.1, -0.05) is 0 Å². The molecule has 1 aliphatic rings. The summed E-state index contributed by atoms with van der Waals surface area (Å²) in [6.45, 7) is 0. The number of H-pyrrole nitrogens is 2. The van der Waals surface area contributed by atoms with Crippen LogP contribution in [-0.2, 0) is 11.2 Å². The molecule has 2 aromatic rings. The number of anilines is 2. The lowest BCUT2D eigenvalue weighted by Gasteiger charge is -2.05. The molecule has 21 heavy (non-hydrogen) atoms. The van der Waals surface area contributed by atoms with Crippen molar-refractivity contribution in [1.29, 1.82) is 0 Å². The summed E-state index contributed by atoms with van der Waals surface area (Å²) < 4.78 is 0. The summed E-state index contributed by atoms with van der Waals surface area (Å²) in [6, 6.07) is 4.76. The fourth-order valence-corrected chi connectivity index (χ4v) is 2.07. The Kier molecular flexibility index (Phi) is 2.90. The fraction of sp³-hybridized carbons (Fsp3) is 0.0769. The lowest BCUT2D eigenvalue weighted by Crippen LogP contribution is -2.26. The lowest BCUT2D eigenvalue weighted by atomic mass is 10.1. The molecule has 0 saturated heterocycles. The standard InChI is InChI=1S/C13H10N4O4/c18-10-4-7-3-6(1-2-8(7)15-10)11(19)16-9-5-14-13(21)17-12(9)20/h1-3,5H,4H2,(H,15,18)(H,16,19)(H2,14,17,20,21). The van der Waals surface area contributed by atoms with Crippen molar-refractivity contribution in [3.63, 3.8) is 0 Å². The number of nitrogens with one attached hydrogen (secondary N) is 4. The number of hydrogen-bond acceptors (Lipinski definition) is 4. The van der Waals surface area contributed by atoms with Crippen LogP contribution in [0.1, 0.15) is 15.9 Å². The van der Waals surface area contributed by atoms with E-state index in [2.05, 4.69) is 15.6 Å². The zero-order chi connectivity index (χ0) is 15.0. The van der Waals surface area contributed by atoms with Crippen molar-refractivity contribution in [2.24, 2.45) is 0 Å². The van der Waals surface area contributed by atoms with Gasteiger partial charge in [0.1, 0.15) is 5.69 Å². The Hall–Kier alpha value is -3.16. The van der Waals surface area contributed by atoms with Gasteiger partial charge < -0.3 is 15.6 Å². The number of aromatic nitrogens is 2. The maximum atomic E-state index is 12.1. The molecule has 3 rings (SSSR count). The number of benzene rings is 1. The quantitative estimate of drug-likeness (QED) is 0.610. The highest BCUT2D eigenvalue weighted by Gasteiger charge is 2.19. The minimum Gasteiger partial charge on any atom is -0.326 e. The summed E-state index contributed by atoms with van der Waals surface area (Å²) in [5.41, 5.74) is 0.317. The Morgan fingerprint density at radius 3 is 2.76 bits per heavy atom. The molecule has 1 aromatic heterocycles. The predicted molar refractivity (Wildman–Crippen MR) is 74.4 cm³/mol. The molecule has 1 aliphatic heterocycles. The van der Waals surface area contributed by atoms with E-state index in [1.165, 1.54) is 0 Å². The fourth-order valence-electron chi connectivity index (χ4n) is 2.07. The third-order valence-electron chi connectivity index (χ3n) is 3.06. The second-order valence-electron chi connectivity index (χ2n) is 4.54. The van der Waals surface area contributed by atoms with Crippen molar-refractivity contribution in [2.45, 2.75) is 6.42 Å². The third kappa shape index (κ3) is 2.46. The number of rotatable bonds is 2. The molecule has 1 aromatic carbocycles. The van der Waals surface area contributed by atoms with Crippen LogP contribution in [-0.4, -0.2) is 21.8 Å². The lowest BCUT2D eigenvalue weighted by molar-refractivity contribution is -0.115. The minimum atomic E-state index is -0.690. The van der Waals surface area contributed by atoms with Crippen LogP contribution in [0.25, 0.3) is 0 Å². The molecule has 0 fully saturated rings. The molecule has 0 bridgehead atoms. The van der Waals surface area contributed by atoms with E-state index >= 15 is 0 Å². The van der Waals surface area contributed by atoms with Crippen LogP contribution >= 0.6 is 0 Å². The first kappa shape index (κ1) is 12.9. The van der Waals surface area contributed by atoms with Crippen molar-refractivity contribution >= 4 is 23.2 Å². The molecule has 0 aliphatic carbocycles. The first-order valence-electron chi connectivity index (χ1n) is 6.09. The molecule has 0 atom stereocenters. The molecule has 106 valence electrons. The van der Waals surface area contributed by atoms with Crippen LogP contribution in [0.3, 0.4) is 0 Å². The van der Waals surface area contributed by atoms with E-state index in [1.807, 2.05) is 4.98 Å². The van der Waals surface area contributed by atoms with E-state index in [9.17, 15) is 19.2 Å². The predicted octanol–water partition coefficient (Wildman–Crippen LogP) is -0.190. The van der Waals surface area contributed by atoms with Crippen LogP contribution in [0.4, 0.5) is 11.4 Å². The molecule has 8 nitrogen and oxygen atoms in total. The maximum Gasteiger partial charge on any atom is 0.325 e. The first-order chi connectivity index (χ1) is 10.0. The van der Waals surface area contributed by atoms with Crippen LogP contribution < -0.4 is 21.9 Å². The highest BCUT2D eigenvalue weighted by molar-refractivity contribution is 6.06. The highest BCUT2D eigenvalue weighted by Crippen LogP contribution is 2.24. The third-order valence-corrected chi connectivity index (χ3v) is 3.06. The summed E-state index contributed by atoms with van der Waals surface area (Å²) in [5.74, 6) is -0.630.